The smallest absolute Gasteiger partial charge is 0.316 e. The van der Waals surface area contributed by atoms with Crippen molar-refractivity contribution in [2.24, 2.45) is 0 Å². The summed E-state index contributed by atoms with van der Waals surface area (Å²) >= 11 is 1.23. The first-order valence-electron chi connectivity index (χ1n) is 7.49. The van der Waals surface area contributed by atoms with Crippen LogP contribution < -0.4 is 0 Å². The average Bonchev–Trinajstić information content (AvgIpc) is 2.98. The van der Waals surface area contributed by atoms with E-state index >= 15 is 0 Å². The maximum absolute atomic E-state index is 12.4. The summed E-state index contributed by atoms with van der Waals surface area (Å²) in [4.78, 5) is 16.0. The average molecular weight is 358 g/mol. The molecule has 0 aliphatic carbocycles. The lowest BCUT2D eigenvalue weighted by Crippen LogP contribution is -2.27. The Labute approximate surface area is 141 Å². The minimum atomic E-state index is -3.44. The van der Waals surface area contributed by atoms with E-state index in [1.807, 2.05) is 20.8 Å². The van der Waals surface area contributed by atoms with Crippen LogP contribution in [0.1, 0.15) is 33.6 Å². The zero-order valence-corrected chi connectivity index (χ0v) is 15.2. The second kappa shape index (κ2) is 7.19. The molecule has 6 nitrogen and oxygen atoms in total. The summed E-state index contributed by atoms with van der Waals surface area (Å²) in [6, 6.07) is 3.16. The van der Waals surface area contributed by atoms with Crippen molar-refractivity contribution in [3.05, 3.63) is 18.3 Å². The van der Waals surface area contributed by atoms with Gasteiger partial charge in [0.2, 0.25) is 10.0 Å². The summed E-state index contributed by atoms with van der Waals surface area (Å²) in [6.07, 6.45) is 3.15. The maximum Gasteiger partial charge on any atom is 0.316 e. The summed E-state index contributed by atoms with van der Waals surface area (Å²) in [5.41, 5.74) is -0.515. The Bertz CT molecular complexity index is 645. The van der Waals surface area contributed by atoms with Crippen molar-refractivity contribution in [2.45, 2.75) is 49.1 Å². The van der Waals surface area contributed by atoms with Gasteiger partial charge in [0.25, 0.3) is 0 Å². The van der Waals surface area contributed by atoms with Crippen molar-refractivity contribution < 1.29 is 17.9 Å². The molecular weight excluding hydrogens is 336 g/mol. The third kappa shape index (κ3) is 5.19. The Morgan fingerprint density at radius 1 is 1.30 bits per heavy atom. The molecule has 0 amide bonds. The van der Waals surface area contributed by atoms with E-state index in [9.17, 15) is 13.2 Å². The Hall–Kier alpha value is -1.12. The Morgan fingerprint density at radius 2 is 1.96 bits per heavy atom. The van der Waals surface area contributed by atoms with Crippen molar-refractivity contribution in [1.29, 1.82) is 0 Å². The van der Waals surface area contributed by atoms with Crippen molar-refractivity contribution in [3.8, 4) is 0 Å². The van der Waals surface area contributed by atoms with Crippen molar-refractivity contribution >= 4 is 27.8 Å². The van der Waals surface area contributed by atoms with Gasteiger partial charge in [0.1, 0.15) is 10.5 Å². The lowest BCUT2D eigenvalue weighted by atomic mass is 10.2. The van der Waals surface area contributed by atoms with Crippen LogP contribution in [-0.2, 0) is 19.6 Å². The van der Waals surface area contributed by atoms with Crippen LogP contribution in [-0.4, -0.2) is 48.1 Å². The summed E-state index contributed by atoms with van der Waals surface area (Å²) in [5.74, 6) is -0.180. The number of pyridine rings is 1. The fourth-order valence-corrected chi connectivity index (χ4v) is 4.27. The molecule has 0 N–H and O–H groups in total. The maximum atomic E-state index is 12.4. The highest BCUT2D eigenvalue weighted by Gasteiger charge is 2.27. The van der Waals surface area contributed by atoms with Crippen molar-refractivity contribution in [2.75, 3.05) is 18.8 Å². The van der Waals surface area contributed by atoms with Crippen LogP contribution in [0.25, 0.3) is 0 Å². The Kier molecular flexibility index (Phi) is 5.70. The van der Waals surface area contributed by atoms with E-state index in [4.69, 9.17) is 4.74 Å². The molecule has 2 rings (SSSR count). The molecule has 1 aliphatic heterocycles. The van der Waals surface area contributed by atoms with Gasteiger partial charge in [0, 0.05) is 19.3 Å². The number of sulfonamides is 1. The van der Waals surface area contributed by atoms with Gasteiger partial charge in [-0.1, -0.05) is 11.8 Å². The van der Waals surface area contributed by atoms with Crippen molar-refractivity contribution in [1.82, 2.24) is 9.29 Å². The minimum absolute atomic E-state index is 0.141. The minimum Gasteiger partial charge on any atom is -0.459 e. The first-order valence-corrected chi connectivity index (χ1v) is 9.92. The lowest BCUT2D eigenvalue weighted by Gasteiger charge is -2.19. The molecular formula is C15H22N2O4S2. The van der Waals surface area contributed by atoms with E-state index in [2.05, 4.69) is 4.98 Å². The number of esters is 1. The van der Waals surface area contributed by atoms with Crippen LogP contribution in [0.15, 0.2) is 28.3 Å². The molecule has 0 radical (unpaired) electrons. The number of carbonyl (C=O) groups excluding carboxylic acids is 1. The number of carbonyl (C=O) groups is 1. The van der Waals surface area contributed by atoms with E-state index in [1.165, 1.54) is 28.3 Å². The second-order valence-electron chi connectivity index (χ2n) is 6.32. The molecule has 1 fully saturated rings. The van der Waals surface area contributed by atoms with Crippen LogP contribution >= 0.6 is 11.8 Å². The molecule has 1 saturated heterocycles. The van der Waals surface area contributed by atoms with Crippen LogP contribution in [0, 0.1) is 0 Å². The van der Waals surface area contributed by atoms with Gasteiger partial charge < -0.3 is 4.74 Å². The number of aromatic nitrogens is 1. The van der Waals surface area contributed by atoms with Gasteiger partial charge in [-0.15, -0.1) is 0 Å². The predicted molar refractivity (Wildman–Crippen MR) is 88.8 cm³/mol. The lowest BCUT2D eigenvalue weighted by molar-refractivity contribution is -0.151. The van der Waals surface area contributed by atoms with Gasteiger partial charge >= 0.3 is 5.97 Å². The van der Waals surface area contributed by atoms with Crippen LogP contribution in [0.2, 0.25) is 0 Å². The molecule has 0 bridgehead atoms. The highest BCUT2D eigenvalue weighted by Crippen LogP contribution is 2.23. The quantitative estimate of drug-likeness (QED) is 0.594. The first-order chi connectivity index (χ1) is 10.7. The van der Waals surface area contributed by atoms with Crippen LogP contribution in [0.4, 0.5) is 0 Å². The van der Waals surface area contributed by atoms with E-state index in [1.54, 1.807) is 6.07 Å². The summed E-state index contributed by atoms with van der Waals surface area (Å²) in [6.45, 7) is 6.57. The van der Waals surface area contributed by atoms with Crippen molar-refractivity contribution in [3.63, 3.8) is 0 Å². The van der Waals surface area contributed by atoms with Crippen LogP contribution in [0.5, 0.6) is 0 Å². The Morgan fingerprint density at radius 3 is 2.48 bits per heavy atom. The van der Waals surface area contributed by atoms with Gasteiger partial charge in [-0.3, -0.25) is 4.79 Å². The molecule has 0 unspecified atom stereocenters. The molecule has 0 aromatic carbocycles. The summed E-state index contributed by atoms with van der Waals surface area (Å²) < 4.78 is 31.4. The molecule has 0 atom stereocenters. The standard InChI is InChI=1S/C15H22N2O4S2/c1-15(2,3)21-14(18)11-22-13-7-6-12(10-16-13)23(19,20)17-8-4-5-9-17/h6-7,10H,4-5,8-9,11H2,1-3H3. The highest BCUT2D eigenvalue weighted by molar-refractivity contribution is 7.99. The molecule has 1 aromatic rings. The third-order valence-corrected chi connectivity index (χ3v) is 5.97. The fraction of sp³-hybridized carbons (Fsp3) is 0.600. The summed E-state index contributed by atoms with van der Waals surface area (Å²) in [7, 11) is -3.44. The normalized spacial score (nSPS) is 16.5. The number of rotatable bonds is 5. The van der Waals surface area contributed by atoms with Gasteiger partial charge in [-0.25, -0.2) is 13.4 Å². The third-order valence-electron chi connectivity index (χ3n) is 3.17. The first kappa shape index (κ1) is 18.2. The molecule has 2 heterocycles. The van der Waals surface area contributed by atoms with Gasteiger partial charge in [0.15, 0.2) is 0 Å². The number of hydrogen-bond acceptors (Lipinski definition) is 6. The van der Waals surface area contributed by atoms with E-state index in [0.717, 1.165) is 12.8 Å². The highest BCUT2D eigenvalue weighted by atomic mass is 32.2. The van der Waals surface area contributed by atoms with Gasteiger partial charge in [-0.2, -0.15) is 4.31 Å². The van der Waals surface area contributed by atoms with E-state index in [0.29, 0.717) is 18.1 Å². The monoisotopic (exact) mass is 358 g/mol. The fourth-order valence-electron chi connectivity index (χ4n) is 2.19. The topological polar surface area (TPSA) is 76.6 Å². The molecule has 1 aromatic heterocycles. The van der Waals surface area contributed by atoms with Gasteiger partial charge in [-0.05, 0) is 45.7 Å². The number of thioether (sulfide) groups is 1. The number of nitrogens with zero attached hydrogens (tertiary/aromatic N) is 2. The molecule has 8 heteroatoms. The van der Waals surface area contributed by atoms with E-state index in [-0.39, 0.29) is 16.6 Å². The number of ether oxygens (including phenoxy) is 1. The second-order valence-corrected chi connectivity index (χ2v) is 9.25. The molecule has 23 heavy (non-hydrogen) atoms. The van der Waals surface area contributed by atoms with Gasteiger partial charge in [0.05, 0.1) is 10.8 Å². The van der Waals surface area contributed by atoms with E-state index < -0.39 is 15.6 Å². The zero-order chi connectivity index (χ0) is 17.1. The number of hydrogen-bond donors (Lipinski definition) is 0. The predicted octanol–water partition coefficient (Wildman–Crippen LogP) is 2.30. The molecule has 0 saturated carbocycles. The zero-order valence-electron chi connectivity index (χ0n) is 13.6. The molecule has 1 aliphatic rings. The Balaban J connectivity index is 1.96. The largest absolute Gasteiger partial charge is 0.459 e. The van der Waals surface area contributed by atoms with Crippen LogP contribution in [0.3, 0.4) is 0 Å². The molecule has 0 spiro atoms. The summed E-state index contributed by atoms with van der Waals surface area (Å²) in [5, 5.41) is 0.594. The molecule has 128 valence electrons. The SMILES string of the molecule is CC(C)(C)OC(=O)CSc1ccc(S(=O)(=O)N2CCCC2)cn1.